The standard InChI is InChI=1S/C15H19NO2P2.Na/c1-9-7-6-8-10(2)11(9)16-12(15(3,4)5)20-13(17)19-14(20)18;/h6-8,17H,1-5H3;/q;+1/p-1. The van der Waals surface area contributed by atoms with Gasteiger partial charge in [0.15, 0.2) is 0 Å². The maximum Gasteiger partial charge on any atom is 1.00 e. The molecule has 0 bridgehead atoms. The van der Waals surface area contributed by atoms with E-state index in [-0.39, 0.29) is 45.5 Å². The zero-order valence-corrected chi connectivity index (χ0v) is 17.2. The van der Waals surface area contributed by atoms with Crippen molar-refractivity contribution in [3.05, 3.63) is 29.3 Å². The van der Waals surface area contributed by atoms with E-state index < -0.39 is 7.92 Å². The number of para-hydroxylation sites is 1. The number of carbonyl (C=O) groups is 1. The molecule has 6 heteroatoms. The number of rotatable bonds is 2. The minimum atomic E-state index is -1.36. The first-order chi connectivity index (χ1) is 9.21. The largest absolute Gasteiger partial charge is 1.00 e. The maximum atomic E-state index is 11.8. The molecule has 106 valence electrons. The molecule has 21 heavy (non-hydrogen) atoms. The molecule has 0 fully saturated rings. The Hall–Kier alpha value is 0.120. The average Bonchev–Trinajstić information content (AvgIpc) is 2.31. The van der Waals surface area contributed by atoms with Gasteiger partial charge >= 0.3 is 29.6 Å². The van der Waals surface area contributed by atoms with E-state index in [0.29, 0.717) is 8.20 Å². The molecule has 1 heterocycles. The molecule has 0 saturated carbocycles. The molecule has 1 aromatic carbocycles. The van der Waals surface area contributed by atoms with Crippen LogP contribution >= 0.6 is 16.1 Å². The summed E-state index contributed by atoms with van der Waals surface area (Å²) in [6.45, 7) is 10.0. The molecule has 0 N–H and O–H groups in total. The Morgan fingerprint density at radius 3 is 2.14 bits per heavy atom. The summed E-state index contributed by atoms with van der Waals surface area (Å²) in [5.41, 5.74) is 3.50. The quantitative estimate of drug-likeness (QED) is 0.468. The topological polar surface area (TPSA) is 52.5 Å². The van der Waals surface area contributed by atoms with Gasteiger partial charge in [-0.05, 0) is 33.2 Å². The zero-order valence-electron chi connectivity index (χ0n) is 13.4. The first-order valence-electron chi connectivity index (χ1n) is 6.47. The van der Waals surface area contributed by atoms with Gasteiger partial charge in [0, 0.05) is 13.3 Å². The molecule has 0 radical (unpaired) electrons. The number of nitrogens with zero attached hydrogens (tertiary/aromatic N) is 1. The van der Waals surface area contributed by atoms with Crippen molar-refractivity contribution in [1.29, 1.82) is 0 Å². The Kier molecular flexibility index (Phi) is 6.51. The van der Waals surface area contributed by atoms with Gasteiger partial charge in [0.1, 0.15) is 0 Å². The molecular weight excluding hydrogens is 311 g/mol. The summed E-state index contributed by atoms with van der Waals surface area (Å²) in [5.74, 6) is 0. The molecular formula is C15H18NNaO2P2. The van der Waals surface area contributed by atoms with Crippen molar-refractivity contribution in [1.82, 2.24) is 0 Å². The van der Waals surface area contributed by atoms with Gasteiger partial charge in [-0.3, -0.25) is 9.79 Å². The number of benzene rings is 1. The molecule has 1 aliphatic heterocycles. The molecule has 0 amide bonds. The van der Waals surface area contributed by atoms with Gasteiger partial charge in [-0.1, -0.05) is 44.2 Å². The molecule has 1 aliphatic rings. The SMILES string of the molecule is Cc1cccc(C)c1N=C(P1C(=O)P=C1[O-])C(C)(C)C.[Na+]. The van der Waals surface area contributed by atoms with E-state index in [1.807, 2.05) is 52.8 Å². The number of hydrogen-bond acceptors (Lipinski definition) is 3. The van der Waals surface area contributed by atoms with E-state index in [1.165, 1.54) is 0 Å². The average molecular weight is 329 g/mol. The Morgan fingerprint density at radius 1 is 1.24 bits per heavy atom. The van der Waals surface area contributed by atoms with Crippen molar-refractivity contribution in [3.63, 3.8) is 0 Å². The van der Waals surface area contributed by atoms with Crippen LogP contribution < -0.4 is 34.7 Å². The maximum absolute atomic E-state index is 11.8. The second-order valence-corrected chi connectivity index (χ2v) is 9.59. The smallest absolute Gasteiger partial charge is 0.823 e. The molecule has 1 aromatic rings. The van der Waals surface area contributed by atoms with E-state index >= 15 is 0 Å². The third-order valence-electron chi connectivity index (χ3n) is 3.11. The molecule has 2 rings (SSSR count). The first-order valence-corrected chi connectivity index (χ1v) is 8.70. The van der Waals surface area contributed by atoms with Gasteiger partial charge in [-0.25, -0.2) is 0 Å². The Bertz CT molecular complexity index is 613. The van der Waals surface area contributed by atoms with Crippen LogP contribution in [-0.4, -0.2) is 15.9 Å². The fourth-order valence-electron chi connectivity index (χ4n) is 2.04. The van der Waals surface area contributed by atoms with Crippen LogP contribution in [0.3, 0.4) is 0 Å². The van der Waals surface area contributed by atoms with Crippen LogP contribution in [0.4, 0.5) is 10.5 Å². The van der Waals surface area contributed by atoms with Gasteiger partial charge in [0.05, 0.1) is 11.1 Å². The van der Waals surface area contributed by atoms with E-state index in [4.69, 9.17) is 4.99 Å². The second-order valence-electron chi connectivity index (χ2n) is 5.94. The van der Waals surface area contributed by atoms with Gasteiger partial charge < -0.3 is 5.11 Å². The molecule has 1 unspecified atom stereocenters. The molecule has 1 atom stereocenters. The molecule has 0 aromatic heterocycles. The van der Waals surface area contributed by atoms with Crippen LogP contribution in [0.2, 0.25) is 0 Å². The normalized spacial score (nSPS) is 19.5. The number of aliphatic imine (C=N–C) groups is 1. The summed E-state index contributed by atoms with van der Waals surface area (Å²) in [6.07, 6.45) is 0. The number of aryl methyl sites for hydroxylation is 2. The van der Waals surface area contributed by atoms with Crippen molar-refractivity contribution < 1.29 is 39.5 Å². The van der Waals surface area contributed by atoms with Crippen LogP contribution in [0.1, 0.15) is 31.9 Å². The van der Waals surface area contributed by atoms with Gasteiger partial charge in [-0.2, -0.15) is 0 Å². The third-order valence-corrected chi connectivity index (χ3v) is 7.26. The Morgan fingerprint density at radius 2 is 1.76 bits per heavy atom. The van der Waals surface area contributed by atoms with Crippen molar-refractivity contribution in [2.75, 3.05) is 0 Å². The van der Waals surface area contributed by atoms with E-state index in [2.05, 4.69) is 0 Å². The van der Waals surface area contributed by atoms with E-state index in [1.54, 1.807) is 0 Å². The third kappa shape index (κ3) is 4.10. The molecule has 3 nitrogen and oxygen atoms in total. The molecule has 0 spiro atoms. The predicted molar refractivity (Wildman–Crippen MR) is 86.7 cm³/mol. The Balaban J connectivity index is 0.00000220. The summed E-state index contributed by atoms with van der Waals surface area (Å²) in [4.78, 5) is 16.6. The number of hydrogen-bond donors (Lipinski definition) is 0. The van der Waals surface area contributed by atoms with Crippen LogP contribution in [-0.2, 0) is 0 Å². The van der Waals surface area contributed by atoms with Crippen molar-refractivity contribution in [2.45, 2.75) is 34.6 Å². The van der Waals surface area contributed by atoms with Gasteiger partial charge in [0.2, 0.25) is 5.27 Å². The van der Waals surface area contributed by atoms with Crippen LogP contribution in [0.15, 0.2) is 23.2 Å². The van der Waals surface area contributed by atoms with Crippen LogP contribution in [0.25, 0.3) is 0 Å². The van der Waals surface area contributed by atoms with Gasteiger partial charge in [-0.15, -0.1) is 0 Å². The van der Waals surface area contributed by atoms with Crippen molar-refractivity contribution >= 4 is 37.8 Å². The summed E-state index contributed by atoms with van der Waals surface area (Å²) < 4.78 is 0. The van der Waals surface area contributed by atoms with Crippen molar-refractivity contribution in [2.24, 2.45) is 10.4 Å². The summed E-state index contributed by atoms with van der Waals surface area (Å²) in [7, 11) is -1.02. The fourth-order valence-corrected chi connectivity index (χ4v) is 5.37. The summed E-state index contributed by atoms with van der Waals surface area (Å²) >= 11 is 0. The fraction of sp³-hybridized carbons (Fsp3) is 0.400. The first kappa shape index (κ1) is 19.2. The number of carbonyl (C=O) groups excluding carboxylic acids is 1. The minimum Gasteiger partial charge on any atom is -0.823 e. The van der Waals surface area contributed by atoms with E-state index in [9.17, 15) is 9.90 Å². The second kappa shape index (κ2) is 7.13. The molecule has 0 saturated heterocycles. The predicted octanol–water partition coefficient (Wildman–Crippen LogP) is 1.39. The summed E-state index contributed by atoms with van der Waals surface area (Å²) in [6, 6.07) is 5.99. The van der Waals surface area contributed by atoms with E-state index in [0.717, 1.165) is 22.3 Å². The van der Waals surface area contributed by atoms with Crippen LogP contribution in [0.5, 0.6) is 0 Å². The van der Waals surface area contributed by atoms with Gasteiger partial charge in [0.25, 0.3) is 0 Å². The molecule has 0 aliphatic carbocycles. The minimum absolute atomic E-state index is 0. The summed E-state index contributed by atoms with van der Waals surface area (Å²) in [5, 5.41) is 11.9. The monoisotopic (exact) mass is 329 g/mol. The zero-order chi connectivity index (χ0) is 15.1. The Labute approximate surface area is 151 Å². The van der Waals surface area contributed by atoms with Crippen LogP contribution in [0, 0.1) is 19.3 Å². The van der Waals surface area contributed by atoms with Crippen molar-refractivity contribution in [3.8, 4) is 0 Å².